The fourth-order valence-electron chi connectivity index (χ4n) is 3.77. The highest BCUT2D eigenvalue weighted by atomic mass is 35.5. The van der Waals surface area contributed by atoms with Gasteiger partial charge in [0.2, 0.25) is 0 Å². The van der Waals surface area contributed by atoms with Crippen molar-refractivity contribution in [1.82, 2.24) is 15.3 Å². The molecule has 2 aromatic carbocycles. The van der Waals surface area contributed by atoms with Crippen LogP contribution >= 0.6 is 11.6 Å². The molecule has 3 N–H and O–H groups in total. The number of hydrogen-bond acceptors (Lipinski definition) is 5. The van der Waals surface area contributed by atoms with Crippen molar-refractivity contribution in [1.29, 1.82) is 0 Å². The highest BCUT2D eigenvalue weighted by Gasteiger charge is 2.32. The third kappa shape index (κ3) is 3.66. The Hall–Kier alpha value is -2.70. The SMILES string of the molecule is CCc1nc(N(C2CCN2)[C@@H](C)c2cccc(Cl)c2)c2cccc(C(N)=O)c2n1. The van der Waals surface area contributed by atoms with Crippen molar-refractivity contribution in [2.75, 3.05) is 11.4 Å². The zero-order valence-corrected chi connectivity index (χ0v) is 17.3. The van der Waals surface area contributed by atoms with Crippen molar-refractivity contribution < 1.29 is 4.79 Å². The maximum atomic E-state index is 12.0. The van der Waals surface area contributed by atoms with E-state index in [1.165, 1.54) is 0 Å². The molecule has 0 bridgehead atoms. The first-order valence-corrected chi connectivity index (χ1v) is 10.2. The van der Waals surface area contributed by atoms with Crippen molar-refractivity contribution in [3.05, 3.63) is 64.4 Å². The fourth-order valence-corrected chi connectivity index (χ4v) is 3.97. The standard InChI is InChI=1S/C22H24ClN5O/c1-3-18-26-20-16(21(24)29)8-5-9-17(20)22(27-18)28(19-10-11-25-19)13(2)14-6-4-7-15(23)12-14/h4-9,12-13,19,25H,3,10-11H2,1-2H3,(H2,24,29)/t13-,19?/m0/s1. The van der Waals surface area contributed by atoms with E-state index in [1.807, 2.05) is 37.3 Å². The molecule has 4 rings (SSSR count). The number of nitrogens with one attached hydrogen (secondary N) is 1. The van der Waals surface area contributed by atoms with Gasteiger partial charge < -0.3 is 10.6 Å². The summed E-state index contributed by atoms with van der Waals surface area (Å²) in [5.74, 6) is 1.00. The zero-order valence-electron chi connectivity index (χ0n) is 16.5. The maximum Gasteiger partial charge on any atom is 0.250 e. The van der Waals surface area contributed by atoms with Gasteiger partial charge in [-0.1, -0.05) is 36.7 Å². The molecule has 2 heterocycles. The molecule has 0 saturated carbocycles. The molecule has 0 spiro atoms. The summed E-state index contributed by atoms with van der Waals surface area (Å²) < 4.78 is 0. The number of carbonyl (C=O) groups is 1. The van der Waals surface area contributed by atoms with Gasteiger partial charge in [-0.25, -0.2) is 9.97 Å². The van der Waals surface area contributed by atoms with Crippen molar-refractivity contribution in [2.45, 2.75) is 38.9 Å². The lowest BCUT2D eigenvalue weighted by molar-refractivity contribution is 0.100. The van der Waals surface area contributed by atoms with Crippen LogP contribution in [0.25, 0.3) is 10.9 Å². The van der Waals surface area contributed by atoms with Crippen LogP contribution in [0.3, 0.4) is 0 Å². The van der Waals surface area contributed by atoms with Gasteiger partial charge in [0.05, 0.1) is 23.3 Å². The van der Waals surface area contributed by atoms with Crippen LogP contribution in [0.4, 0.5) is 5.82 Å². The van der Waals surface area contributed by atoms with Gasteiger partial charge in [0.15, 0.2) is 0 Å². The number of para-hydroxylation sites is 1. The van der Waals surface area contributed by atoms with Gasteiger partial charge in [-0.05, 0) is 43.2 Å². The Morgan fingerprint density at radius 1 is 1.31 bits per heavy atom. The van der Waals surface area contributed by atoms with Crippen LogP contribution in [0.15, 0.2) is 42.5 Å². The Balaban J connectivity index is 1.93. The van der Waals surface area contributed by atoms with Crippen LogP contribution in [-0.4, -0.2) is 28.6 Å². The number of halogens is 1. The number of rotatable bonds is 6. The zero-order chi connectivity index (χ0) is 20.5. The Bertz CT molecular complexity index is 1070. The molecule has 1 fully saturated rings. The average molecular weight is 410 g/mol. The normalized spacial score (nSPS) is 17.0. The summed E-state index contributed by atoms with van der Waals surface area (Å²) in [6.07, 6.45) is 1.81. The number of benzene rings is 2. The van der Waals surface area contributed by atoms with Gasteiger partial charge >= 0.3 is 0 Å². The van der Waals surface area contributed by atoms with E-state index in [4.69, 9.17) is 22.3 Å². The van der Waals surface area contributed by atoms with Gasteiger partial charge in [0, 0.05) is 23.4 Å². The van der Waals surface area contributed by atoms with E-state index in [2.05, 4.69) is 28.2 Å². The Kier molecular flexibility index (Phi) is 5.39. The number of aryl methyl sites for hydroxylation is 1. The Morgan fingerprint density at radius 2 is 2.07 bits per heavy atom. The molecular weight excluding hydrogens is 386 g/mol. The molecule has 6 nitrogen and oxygen atoms in total. The number of amides is 1. The van der Waals surface area contributed by atoms with E-state index in [-0.39, 0.29) is 12.2 Å². The number of nitrogens with zero attached hydrogens (tertiary/aromatic N) is 3. The second kappa shape index (κ2) is 7.97. The molecule has 0 aliphatic carbocycles. The fraction of sp³-hybridized carbons (Fsp3) is 0.318. The summed E-state index contributed by atoms with van der Waals surface area (Å²) in [4.78, 5) is 23.8. The van der Waals surface area contributed by atoms with Crippen LogP contribution in [0.1, 0.15) is 48.1 Å². The van der Waals surface area contributed by atoms with Gasteiger partial charge in [-0.3, -0.25) is 10.1 Å². The molecule has 1 aromatic heterocycles. The first-order valence-electron chi connectivity index (χ1n) is 9.86. The Morgan fingerprint density at radius 3 is 2.69 bits per heavy atom. The summed E-state index contributed by atoms with van der Waals surface area (Å²) >= 11 is 6.25. The summed E-state index contributed by atoms with van der Waals surface area (Å²) in [6.45, 7) is 5.10. The summed E-state index contributed by atoms with van der Waals surface area (Å²) in [6, 6.07) is 13.4. The second-order valence-electron chi connectivity index (χ2n) is 7.28. The number of fused-ring (bicyclic) bond motifs is 1. The van der Waals surface area contributed by atoms with Gasteiger partial charge in [0.25, 0.3) is 5.91 Å². The van der Waals surface area contributed by atoms with Crippen LogP contribution in [0.5, 0.6) is 0 Å². The molecule has 1 saturated heterocycles. The van der Waals surface area contributed by atoms with Gasteiger partial charge in [-0.15, -0.1) is 0 Å². The number of hydrogen-bond donors (Lipinski definition) is 2. The third-order valence-corrected chi connectivity index (χ3v) is 5.70. The van der Waals surface area contributed by atoms with Crippen molar-refractivity contribution in [2.24, 2.45) is 5.73 Å². The predicted molar refractivity (Wildman–Crippen MR) is 116 cm³/mol. The molecular formula is C22H24ClN5O. The number of primary amides is 1. The van der Waals surface area contributed by atoms with Crippen LogP contribution in [0.2, 0.25) is 5.02 Å². The molecule has 29 heavy (non-hydrogen) atoms. The largest absolute Gasteiger partial charge is 0.366 e. The van der Waals surface area contributed by atoms with Gasteiger partial charge in [0.1, 0.15) is 11.6 Å². The first-order chi connectivity index (χ1) is 14.0. The summed E-state index contributed by atoms with van der Waals surface area (Å²) in [7, 11) is 0. The number of nitrogens with two attached hydrogens (primary N) is 1. The topological polar surface area (TPSA) is 84.1 Å². The van der Waals surface area contributed by atoms with Crippen molar-refractivity contribution >= 4 is 34.2 Å². The van der Waals surface area contributed by atoms with E-state index in [9.17, 15) is 4.79 Å². The predicted octanol–water partition coefficient (Wildman–Crippen LogP) is 3.83. The van der Waals surface area contributed by atoms with Crippen molar-refractivity contribution in [3.8, 4) is 0 Å². The van der Waals surface area contributed by atoms with Crippen LogP contribution < -0.4 is 16.0 Å². The Labute approximate surface area is 175 Å². The average Bonchev–Trinajstić information content (AvgIpc) is 2.68. The molecule has 1 aliphatic heterocycles. The smallest absolute Gasteiger partial charge is 0.250 e. The van der Waals surface area contributed by atoms with E-state index < -0.39 is 5.91 Å². The van der Waals surface area contributed by atoms with Gasteiger partial charge in [-0.2, -0.15) is 0 Å². The highest BCUT2D eigenvalue weighted by molar-refractivity contribution is 6.30. The molecule has 1 amide bonds. The minimum absolute atomic E-state index is 0.0199. The van der Waals surface area contributed by atoms with E-state index in [1.54, 1.807) is 6.07 Å². The third-order valence-electron chi connectivity index (χ3n) is 5.46. The number of aromatic nitrogens is 2. The number of carbonyl (C=O) groups excluding carboxylic acids is 1. The summed E-state index contributed by atoms with van der Waals surface area (Å²) in [5, 5.41) is 5.01. The van der Waals surface area contributed by atoms with Crippen molar-refractivity contribution in [3.63, 3.8) is 0 Å². The molecule has 1 aliphatic rings. The molecule has 7 heteroatoms. The second-order valence-corrected chi connectivity index (χ2v) is 7.72. The van der Waals surface area contributed by atoms with E-state index in [0.29, 0.717) is 28.3 Å². The van der Waals surface area contributed by atoms with E-state index in [0.717, 1.165) is 29.7 Å². The minimum Gasteiger partial charge on any atom is -0.366 e. The number of anilines is 1. The lowest BCUT2D eigenvalue weighted by Crippen LogP contribution is -2.56. The van der Waals surface area contributed by atoms with Crippen LogP contribution in [-0.2, 0) is 6.42 Å². The first kappa shape index (κ1) is 19.6. The minimum atomic E-state index is -0.487. The molecule has 2 atom stereocenters. The monoisotopic (exact) mass is 409 g/mol. The lowest BCUT2D eigenvalue weighted by Gasteiger charge is -2.43. The highest BCUT2D eigenvalue weighted by Crippen LogP contribution is 2.36. The summed E-state index contributed by atoms with van der Waals surface area (Å²) in [5.41, 5.74) is 7.74. The quantitative estimate of drug-likeness (QED) is 0.646. The van der Waals surface area contributed by atoms with E-state index >= 15 is 0 Å². The lowest BCUT2D eigenvalue weighted by atomic mass is 10.0. The molecule has 0 radical (unpaired) electrons. The molecule has 1 unspecified atom stereocenters. The molecule has 150 valence electrons. The maximum absolute atomic E-state index is 12.0. The molecule has 3 aromatic rings. The van der Waals surface area contributed by atoms with Crippen LogP contribution in [0, 0.1) is 0 Å².